The maximum Gasteiger partial charge on any atom is 0.319 e. The van der Waals surface area contributed by atoms with Crippen LogP contribution >= 0.6 is 0 Å². The maximum absolute atomic E-state index is 12.5. The number of benzene rings is 2. The van der Waals surface area contributed by atoms with Crippen molar-refractivity contribution in [3.05, 3.63) is 54.6 Å². The van der Waals surface area contributed by atoms with Crippen LogP contribution in [0.1, 0.15) is 33.1 Å². The third-order valence-electron chi connectivity index (χ3n) is 5.73. The zero-order chi connectivity index (χ0) is 22.1. The number of anilines is 1. The molecule has 2 aromatic carbocycles. The summed E-state index contributed by atoms with van der Waals surface area (Å²) in [7, 11) is 0. The van der Waals surface area contributed by atoms with E-state index in [1.807, 2.05) is 56.3 Å². The quantitative estimate of drug-likeness (QED) is 0.570. The van der Waals surface area contributed by atoms with E-state index in [-0.39, 0.29) is 30.3 Å². The van der Waals surface area contributed by atoms with E-state index in [9.17, 15) is 9.59 Å². The van der Waals surface area contributed by atoms with E-state index in [2.05, 4.69) is 33.0 Å². The molecule has 0 saturated carbocycles. The molecule has 1 fully saturated rings. The molecule has 166 valence electrons. The molecule has 1 atom stereocenters. The maximum atomic E-state index is 12.5. The fourth-order valence-corrected chi connectivity index (χ4v) is 3.80. The Morgan fingerprint density at radius 2 is 1.58 bits per heavy atom. The molecule has 0 spiro atoms. The lowest BCUT2D eigenvalue weighted by Crippen LogP contribution is -2.44. The molecule has 6 heteroatoms. The van der Waals surface area contributed by atoms with Gasteiger partial charge in [-0.25, -0.2) is 4.79 Å². The number of nitrogens with zero attached hydrogens (tertiary/aromatic N) is 1. The van der Waals surface area contributed by atoms with Crippen molar-refractivity contribution in [2.45, 2.75) is 39.2 Å². The van der Waals surface area contributed by atoms with Crippen LogP contribution in [0.2, 0.25) is 0 Å². The van der Waals surface area contributed by atoms with E-state index in [4.69, 9.17) is 0 Å². The number of urea groups is 1. The average molecular weight is 423 g/mol. The van der Waals surface area contributed by atoms with Gasteiger partial charge in [0.1, 0.15) is 0 Å². The van der Waals surface area contributed by atoms with Gasteiger partial charge < -0.3 is 20.9 Å². The lowest BCUT2D eigenvalue weighted by Gasteiger charge is -2.22. The van der Waals surface area contributed by atoms with Crippen molar-refractivity contribution < 1.29 is 9.59 Å². The average Bonchev–Trinajstić information content (AvgIpc) is 3.28. The number of rotatable bonds is 9. The zero-order valence-corrected chi connectivity index (χ0v) is 18.6. The molecule has 1 aliphatic heterocycles. The van der Waals surface area contributed by atoms with Crippen LogP contribution in [0.5, 0.6) is 0 Å². The van der Waals surface area contributed by atoms with Crippen LogP contribution < -0.4 is 16.0 Å². The van der Waals surface area contributed by atoms with Crippen LogP contribution in [0.15, 0.2) is 54.6 Å². The molecule has 0 aromatic heterocycles. The van der Waals surface area contributed by atoms with E-state index in [1.54, 1.807) is 0 Å². The third kappa shape index (κ3) is 7.40. The minimum absolute atomic E-state index is 0.0228. The molecular weight excluding hydrogens is 388 g/mol. The summed E-state index contributed by atoms with van der Waals surface area (Å²) in [6.07, 6.45) is 2.77. The molecule has 3 rings (SSSR count). The Morgan fingerprint density at radius 3 is 2.23 bits per heavy atom. The summed E-state index contributed by atoms with van der Waals surface area (Å²) < 4.78 is 0. The molecule has 1 heterocycles. The summed E-state index contributed by atoms with van der Waals surface area (Å²) >= 11 is 0. The summed E-state index contributed by atoms with van der Waals surface area (Å²) in [5.41, 5.74) is 2.95. The molecule has 1 saturated heterocycles. The summed E-state index contributed by atoms with van der Waals surface area (Å²) in [6.45, 7) is 7.82. The fourth-order valence-electron chi connectivity index (χ4n) is 3.80. The van der Waals surface area contributed by atoms with Gasteiger partial charge in [-0.05, 0) is 55.1 Å². The molecule has 1 unspecified atom stereocenters. The van der Waals surface area contributed by atoms with Crippen LogP contribution in [0, 0.1) is 5.92 Å². The first-order valence-electron chi connectivity index (χ1n) is 11.2. The first kappa shape index (κ1) is 22.8. The third-order valence-corrected chi connectivity index (χ3v) is 5.73. The van der Waals surface area contributed by atoms with Crippen molar-refractivity contribution in [2.24, 2.45) is 5.92 Å². The van der Waals surface area contributed by atoms with Crippen LogP contribution in [0.25, 0.3) is 11.1 Å². The van der Waals surface area contributed by atoms with E-state index < -0.39 is 0 Å². The van der Waals surface area contributed by atoms with Crippen LogP contribution in [0.4, 0.5) is 10.5 Å². The highest BCUT2D eigenvalue weighted by Crippen LogP contribution is 2.21. The van der Waals surface area contributed by atoms with Crippen LogP contribution in [-0.2, 0) is 4.79 Å². The summed E-state index contributed by atoms with van der Waals surface area (Å²) in [4.78, 5) is 27.2. The number of amides is 3. The highest BCUT2D eigenvalue weighted by atomic mass is 16.2. The lowest BCUT2D eigenvalue weighted by molar-refractivity contribution is -0.121. The Bertz CT molecular complexity index is 830. The Labute approximate surface area is 185 Å². The minimum Gasteiger partial charge on any atom is -0.355 e. The normalized spacial score (nSPS) is 14.9. The highest BCUT2D eigenvalue weighted by molar-refractivity contribution is 5.90. The lowest BCUT2D eigenvalue weighted by atomic mass is 10.0. The van der Waals surface area contributed by atoms with E-state index in [1.165, 1.54) is 12.8 Å². The second-order valence-corrected chi connectivity index (χ2v) is 8.50. The smallest absolute Gasteiger partial charge is 0.319 e. The van der Waals surface area contributed by atoms with E-state index in [0.717, 1.165) is 36.4 Å². The minimum atomic E-state index is -0.295. The molecule has 0 aliphatic carbocycles. The Kier molecular flexibility index (Phi) is 8.47. The van der Waals surface area contributed by atoms with Crippen LogP contribution in [-0.4, -0.2) is 49.1 Å². The second kappa shape index (κ2) is 11.5. The van der Waals surface area contributed by atoms with Gasteiger partial charge in [0.05, 0.1) is 0 Å². The highest BCUT2D eigenvalue weighted by Gasteiger charge is 2.20. The summed E-state index contributed by atoms with van der Waals surface area (Å²) in [5.74, 6) is 0.126. The molecule has 0 bridgehead atoms. The van der Waals surface area contributed by atoms with Gasteiger partial charge in [-0.2, -0.15) is 0 Å². The topological polar surface area (TPSA) is 73.5 Å². The van der Waals surface area contributed by atoms with Gasteiger partial charge in [0, 0.05) is 31.2 Å². The van der Waals surface area contributed by atoms with E-state index in [0.29, 0.717) is 6.54 Å². The molecule has 6 nitrogen and oxygen atoms in total. The Hall–Kier alpha value is -2.86. The first-order valence-corrected chi connectivity index (χ1v) is 11.2. The van der Waals surface area contributed by atoms with Crippen molar-refractivity contribution in [1.29, 1.82) is 0 Å². The van der Waals surface area contributed by atoms with Gasteiger partial charge in [-0.15, -0.1) is 0 Å². The standard InChI is InChI=1S/C25H34N4O2/c1-19(2)23(18-24(30)26-14-17-29-15-6-7-16-29)28-25(31)27-22-12-10-21(11-13-22)20-8-4-3-5-9-20/h3-5,8-13,19,23H,6-7,14-18H2,1-2H3,(H,26,30)(H2,27,28,31). The second-order valence-electron chi connectivity index (χ2n) is 8.50. The predicted octanol–water partition coefficient (Wildman–Crippen LogP) is 4.10. The van der Waals surface area contributed by atoms with Crippen LogP contribution in [0.3, 0.4) is 0 Å². The molecule has 2 aromatic rings. The van der Waals surface area contributed by atoms with Gasteiger partial charge in [0.15, 0.2) is 0 Å². The fraction of sp³-hybridized carbons (Fsp3) is 0.440. The molecule has 3 amide bonds. The number of carbonyl (C=O) groups excluding carboxylic acids is 2. The van der Waals surface area contributed by atoms with Crippen molar-refractivity contribution >= 4 is 17.6 Å². The number of nitrogens with one attached hydrogen (secondary N) is 3. The largest absolute Gasteiger partial charge is 0.355 e. The number of likely N-dealkylation sites (tertiary alicyclic amines) is 1. The first-order chi connectivity index (χ1) is 15.0. The monoisotopic (exact) mass is 422 g/mol. The van der Waals surface area contributed by atoms with Gasteiger partial charge >= 0.3 is 6.03 Å². The van der Waals surface area contributed by atoms with Crippen molar-refractivity contribution in [3.8, 4) is 11.1 Å². The number of hydrogen-bond acceptors (Lipinski definition) is 3. The summed E-state index contributed by atoms with van der Waals surface area (Å²) in [5, 5.41) is 8.81. The van der Waals surface area contributed by atoms with Crippen molar-refractivity contribution in [1.82, 2.24) is 15.5 Å². The predicted molar refractivity (Wildman–Crippen MR) is 126 cm³/mol. The number of carbonyl (C=O) groups is 2. The summed E-state index contributed by atoms with van der Waals surface area (Å²) in [6, 6.07) is 17.3. The Balaban J connectivity index is 1.45. The van der Waals surface area contributed by atoms with Gasteiger partial charge in [0.25, 0.3) is 0 Å². The Morgan fingerprint density at radius 1 is 0.935 bits per heavy atom. The van der Waals surface area contributed by atoms with E-state index >= 15 is 0 Å². The van der Waals surface area contributed by atoms with Crippen molar-refractivity contribution in [3.63, 3.8) is 0 Å². The van der Waals surface area contributed by atoms with Crippen molar-refractivity contribution in [2.75, 3.05) is 31.5 Å². The van der Waals surface area contributed by atoms with Gasteiger partial charge in [-0.3, -0.25) is 4.79 Å². The molecule has 1 aliphatic rings. The molecular formula is C25H34N4O2. The zero-order valence-electron chi connectivity index (χ0n) is 18.6. The number of hydrogen-bond donors (Lipinski definition) is 3. The van der Waals surface area contributed by atoms with Gasteiger partial charge in [-0.1, -0.05) is 56.3 Å². The molecule has 0 radical (unpaired) electrons. The van der Waals surface area contributed by atoms with Gasteiger partial charge in [0.2, 0.25) is 5.91 Å². The molecule has 3 N–H and O–H groups in total. The SMILES string of the molecule is CC(C)C(CC(=O)NCCN1CCCC1)NC(=O)Nc1ccc(-c2ccccc2)cc1. The molecule has 31 heavy (non-hydrogen) atoms.